The molecule has 3 aromatic rings. The minimum atomic E-state index is -3.72. The van der Waals surface area contributed by atoms with Crippen LogP contribution in [0.25, 0.3) is 10.8 Å². The number of fused-ring (bicyclic) bond motifs is 1. The summed E-state index contributed by atoms with van der Waals surface area (Å²) in [5, 5.41) is 4.93. The van der Waals surface area contributed by atoms with Gasteiger partial charge in [0.15, 0.2) is 9.84 Å². The van der Waals surface area contributed by atoms with E-state index in [1.165, 1.54) is 13.2 Å². The summed E-state index contributed by atoms with van der Waals surface area (Å²) in [6.07, 6.45) is 2.15. The van der Waals surface area contributed by atoms with Crippen LogP contribution in [0.1, 0.15) is 25.0 Å². The van der Waals surface area contributed by atoms with Gasteiger partial charge in [-0.2, -0.15) is 0 Å². The zero-order valence-electron chi connectivity index (χ0n) is 20.2. The van der Waals surface area contributed by atoms with Gasteiger partial charge in [0.2, 0.25) is 5.91 Å². The van der Waals surface area contributed by atoms with E-state index in [1.54, 1.807) is 36.5 Å². The molecule has 190 valence electrons. The molecule has 1 saturated heterocycles. The van der Waals surface area contributed by atoms with Gasteiger partial charge in [0, 0.05) is 42.1 Å². The summed E-state index contributed by atoms with van der Waals surface area (Å²) in [5.74, 6) is -1.42. The van der Waals surface area contributed by atoms with Gasteiger partial charge in [-0.3, -0.25) is 9.78 Å². The van der Waals surface area contributed by atoms with Crippen LogP contribution in [-0.2, 0) is 24.2 Å². The number of carbonyl (C=O) groups is 2. The van der Waals surface area contributed by atoms with Crippen molar-refractivity contribution >= 4 is 49.8 Å². The first-order chi connectivity index (χ1) is 17.1. The second-order valence-corrected chi connectivity index (χ2v) is 11.5. The van der Waals surface area contributed by atoms with Gasteiger partial charge in [0.05, 0.1) is 17.8 Å². The number of aryl methyl sites for hydroxylation is 1. The topological polar surface area (TPSA) is 106 Å². The molecule has 0 saturated carbocycles. The van der Waals surface area contributed by atoms with Crippen LogP contribution in [0.2, 0.25) is 5.02 Å². The Balaban J connectivity index is 1.42. The van der Waals surface area contributed by atoms with E-state index in [0.29, 0.717) is 31.0 Å². The van der Waals surface area contributed by atoms with Crippen LogP contribution in [0.15, 0.2) is 59.6 Å². The second kappa shape index (κ2) is 10.4. The van der Waals surface area contributed by atoms with E-state index in [4.69, 9.17) is 16.3 Å². The Morgan fingerprint density at radius 3 is 2.47 bits per heavy atom. The standard InChI is InChI=1S/C26H28ClN3O5S/c1-18-15-22(7-11-28-18)30-12-9-26(10-13-30,25(32)35-2)29-24(31)8-14-36(33,34)23-6-4-19-16-21(27)5-3-20(19)17-23/h3-7,11,15-17H,8-10,12-14H2,1-2H3,(H,29,31). The lowest BCUT2D eigenvalue weighted by Gasteiger charge is -2.41. The number of aromatic nitrogens is 1. The van der Waals surface area contributed by atoms with Crippen molar-refractivity contribution in [3.8, 4) is 0 Å². The van der Waals surface area contributed by atoms with Crippen LogP contribution in [-0.4, -0.2) is 56.8 Å². The third kappa shape index (κ3) is 5.63. The lowest BCUT2D eigenvalue weighted by molar-refractivity contribution is -0.152. The Bertz CT molecular complexity index is 1400. The normalized spacial score (nSPS) is 15.5. The highest BCUT2D eigenvalue weighted by molar-refractivity contribution is 7.91. The maximum Gasteiger partial charge on any atom is 0.331 e. The molecule has 8 nitrogen and oxygen atoms in total. The van der Waals surface area contributed by atoms with Gasteiger partial charge in [-0.05, 0) is 66.9 Å². The number of rotatable bonds is 7. The smallest absolute Gasteiger partial charge is 0.331 e. The minimum Gasteiger partial charge on any atom is -0.467 e. The molecule has 1 fully saturated rings. The predicted octanol–water partition coefficient (Wildman–Crippen LogP) is 3.69. The quantitative estimate of drug-likeness (QED) is 0.465. The first-order valence-electron chi connectivity index (χ1n) is 11.6. The van der Waals surface area contributed by atoms with Crippen molar-refractivity contribution in [2.75, 3.05) is 30.9 Å². The highest BCUT2D eigenvalue weighted by Gasteiger charge is 2.44. The summed E-state index contributed by atoms with van der Waals surface area (Å²) in [5.41, 5.74) is 0.689. The maximum atomic E-state index is 12.9. The van der Waals surface area contributed by atoms with E-state index in [0.717, 1.165) is 22.2 Å². The van der Waals surface area contributed by atoms with Crippen LogP contribution in [0.3, 0.4) is 0 Å². The number of methoxy groups -OCH3 is 1. The Kier molecular flexibility index (Phi) is 7.51. The average Bonchev–Trinajstić information content (AvgIpc) is 2.87. The number of halogens is 1. The summed E-state index contributed by atoms with van der Waals surface area (Å²) in [7, 11) is -2.43. The molecule has 4 rings (SSSR count). The highest BCUT2D eigenvalue weighted by atomic mass is 35.5. The van der Waals surface area contributed by atoms with E-state index in [1.807, 2.05) is 19.1 Å². The molecule has 0 unspecified atom stereocenters. The molecular weight excluding hydrogens is 502 g/mol. The van der Waals surface area contributed by atoms with Crippen molar-refractivity contribution in [1.29, 1.82) is 0 Å². The van der Waals surface area contributed by atoms with E-state index >= 15 is 0 Å². The number of hydrogen-bond acceptors (Lipinski definition) is 7. The van der Waals surface area contributed by atoms with Gasteiger partial charge in [-0.1, -0.05) is 23.7 Å². The predicted molar refractivity (Wildman–Crippen MR) is 139 cm³/mol. The molecule has 1 aliphatic rings. The Morgan fingerprint density at radius 1 is 1.08 bits per heavy atom. The van der Waals surface area contributed by atoms with E-state index in [-0.39, 0.29) is 17.1 Å². The fraction of sp³-hybridized carbons (Fsp3) is 0.346. The van der Waals surface area contributed by atoms with E-state index < -0.39 is 27.3 Å². The second-order valence-electron chi connectivity index (χ2n) is 8.99. The molecule has 0 aliphatic carbocycles. The van der Waals surface area contributed by atoms with Gasteiger partial charge in [-0.15, -0.1) is 0 Å². The number of esters is 1. The number of sulfone groups is 1. The van der Waals surface area contributed by atoms with Crippen LogP contribution in [0, 0.1) is 6.92 Å². The molecule has 1 amide bonds. The number of anilines is 1. The Hall–Kier alpha value is -3.17. The summed E-state index contributed by atoms with van der Waals surface area (Å²) in [6.45, 7) is 2.96. The lowest BCUT2D eigenvalue weighted by atomic mass is 9.87. The van der Waals surface area contributed by atoms with Crippen LogP contribution in [0.4, 0.5) is 5.69 Å². The first-order valence-corrected chi connectivity index (χ1v) is 13.6. The molecule has 2 heterocycles. The van der Waals surface area contributed by atoms with Gasteiger partial charge >= 0.3 is 5.97 Å². The number of ether oxygens (including phenoxy) is 1. The molecule has 0 atom stereocenters. The summed E-state index contributed by atoms with van der Waals surface area (Å²) in [6, 6.07) is 13.9. The van der Waals surface area contributed by atoms with E-state index in [2.05, 4.69) is 15.2 Å². The number of piperidine rings is 1. The maximum absolute atomic E-state index is 12.9. The van der Waals surface area contributed by atoms with E-state index in [9.17, 15) is 18.0 Å². The van der Waals surface area contributed by atoms with Crippen molar-refractivity contribution in [1.82, 2.24) is 10.3 Å². The van der Waals surface area contributed by atoms with Crippen LogP contribution in [0.5, 0.6) is 0 Å². The zero-order valence-corrected chi connectivity index (χ0v) is 21.7. The molecule has 0 bridgehead atoms. The number of carbonyl (C=O) groups excluding carboxylic acids is 2. The number of pyridine rings is 1. The number of nitrogens with one attached hydrogen (secondary N) is 1. The monoisotopic (exact) mass is 529 g/mol. The van der Waals surface area contributed by atoms with Crippen molar-refractivity contribution in [3.63, 3.8) is 0 Å². The third-order valence-corrected chi connectivity index (χ3v) is 8.50. The number of amides is 1. The van der Waals surface area contributed by atoms with Gasteiger partial charge in [0.1, 0.15) is 5.54 Å². The molecule has 2 aromatic carbocycles. The third-order valence-electron chi connectivity index (χ3n) is 6.55. The molecule has 1 aliphatic heterocycles. The fourth-order valence-electron chi connectivity index (χ4n) is 4.51. The number of benzene rings is 2. The Morgan fingerprint density at radius 2 is 1.78 bits per heavy atom. The van der Waals surface area contributed by atoms with Crippen molar-refractivity contribution in [2.45, 2.75) is 36.6 Å². The molecule has 0 spiro atoms. The average molecular weight is 530 g/mol. The van der Waals surface area contributed by atoms with Gasteiger partial charge < -0.3 is 15.0 Å². The zero-order chi connectivity index (χ0) is 25.9. The van der Waals surface area contributed by atoms with Gasteiger partial charge in [0.25, 0.3) is 0 Å². The molecule has 36 heavy (non-hydrogen) atoms. The molecule has 1 aromatic heterocycles. The fourth-order valence-corrected chi connectivity index (χ4v) is 5.96. The van der Waals surface area contributed by atoms with Crippen LogP contribution >= 0.6 is 11.6 Å². The molecule has 0 radical (unpaired) electrons. The lowest BCUT2D eigenvalue weighted by Crippen LogP contribution is -2.60. The number of hydrogen-bond donors (Lipinski definition) is 1. The molecular formula is C26H28ClN3O5S. The largest absolute Gasteiger partial charge is 0.467 e. The Labute approximate surface area is 215 Å². The number of nitrogens with zero attached hydrogens (tertiary/aromatic N) is 2. The summed E-state index contributed by atoms with van der Waals surface area (Å²) < 4.78 is 30.9. The molecule has 10 heteroatoms. The SMILES string of the molecule is COC(=O)C1(NC(=O)CCS(=O)(=O)c2ccc3cc(Cl)ccc3c2)CCN(c2ccnc(C)c2)CC1. The first kappa shape index (κ1) is 25.9. The minimum absolute atomic E-state index is 0.133. The summed E-state index contributed by atoms with van der Waals surface area (Å²) in [4.78, 5) is 32.0. The van der Waals surface area contributed by atoms with Crippen molar-refractivity contribution < 1.29 is 22.7 Å². The summed E-state index contributed by atoms with van der Waals surface area (Å²) >= 11 is 6.00. The molecule has 1 N–H and O–H groups in total. The van der Waals surface area contributed by atoms with Crippen molar-refractivity contribution in [3.05, 3.63) is 65.4 Å². The van der Waals surface area contributed by atoms with Crippen LogP contribution < -0.4 is 10.2 Å². The highest BCUT2D eigenvalue weighted by Crippen LogP contribution is 2.28. The van der Waals surface area contributed by atoms with Gasteiger partial charge in [-0.25, -0.2) is 13.2 Å². The van der Waals surface area contributed by atoms with Crippen molar-refractivity contribution in [2.24, 2.45) is 0 Å².